The molecule has 7 heteroatoms. The lowest BCUT2D eigenvalue weighted by molar-refractivity contribution is -0.155. The van der Waals surface area contributed by atoms with Crippen LogP contribution in [0.1, 0.15) is 33.6 Å². The first-order valence-electron chi connectivity index (χ1n) is 5.16. The van der Waals surface area contributed by atoms with Gasteiger partial charge in [0, 0.05) is 12.1 Å². The molecular weight excluding hydrogens is 257 g/mol. The number of nitrogens with two attached hydrogens (primary N) is 1. The molecule has 0 aromatic heterocycles. The van der Waals surface area contributed by atoms with Crippen LogP contribution in [-0.2, 0) is 4.79 Å². The van der Waals surface area contributed by atoms with E-state index in [1.807, 2.05) is 13.8 Å². The van der Waals surface area contributed by atoms with Crippen LogP contribution in [0.4, 0.5) is 13.2 Å². The molecular formula is C10H20ClF3N2O. The van der Waals surface area contributed by atoms with Gasteiger partial charge in [-0.25, -0.2) is 0 Å². The summed E-state index contributed by atoms with van der Waals surface area (Å²) < 4.78 is 35.9. The summed E-state index contributed by atoms with van der Waals surface area (Å²) in [6.07, 6.45) is -5.38. The zero-order chi connectivity index (χ0) is 13.0. The maximum absolute atomic E-state index is 12.0. The summed E-state index contributed by atoms with van der Waals surface area (Å²) in [5, 5.41) is 2.35. The molecule has 0 fully saturated rings. The third-order valence-corrected chi connectivity index (χ3v) is 2.11. The minimum absolute atomic E-state index is 0. The third-order valence-electron chi connectivity index (χ3n) is 2.11. The van der Waals surface area contributed by atoms with E-state index in [4.69, 9.17) is 5.73 Å². The third kappa shape index (κ3) is 9.23. The molecule has 3 nitrogen and oxygen atoms in total. The molecule has 0 aliphatic rings. The fourth-order valence-corrected chi connectivity index (χ4v) is 1.65. The molecule has 0 aliphatic carbocycles. The van der Waals surface area contributed by atoms with E-state index in [1.54, 1.807) is 6.92 Å². The first-order chi connectivity index (χ1) is 7.08. The highest BCUT2D eigenvalue weighted by Gasteiger charge is 2.34. The first-order valence-corrected chi connectivity index (χ1v) is 5.16. The van der Waals surface area contributed by atoms with E-state index in [9.17, 15) is 18.0 Å². The van der Waals surface area contributed by atoms with Gasteiger partial charge in [-0.3, -0.25) is 4.79 Å². The lowest BCUT2D eigenvalue weighted by atomic mass is 9.90. The minimum atomic E-state index is -4.47. The van der Waals surface area contributed by atoms with E-state index in [1.165, 1.54) is 0 Å². The number of halogens is 4. The van der Waals surface area contributed by atoms with Crippen LogP contribution in [0.15, 0.2) is 0 Å². The van der Waals surface area contributed by atoms with E-state index in [0.29, 0.717) is 6.42 Å². The van der Waals surface area contributed by atoms with Crippen LogP contribution in [0.5, 0.6) is 0 Å². The second-order valence-electron chi connectivity index (χ2n) is 4.70. The Labute approximate surface area is 106 Å². The van der Waals surface area contributed by atoms with Gasteiger partial charge in [0.2, 0.25) is 5.91 Å². The van der Waals surface area contributed by atoms with Crippen molar-refractivity contribution in [1.29, 1.82) is 0 Å². The summed E-state index contributed by atoms with van der Waals surface area (Å²) in [4.78, 5) is 11.1. The molecule has 1 atom stereocenters. The van der Waals surface area contributed by atoms with Crippen molar-refractivity contribution >= 4 is 18.3 Å². The number of rotatable bonds is 5. The maximum Gasteiger partial charge on any atom is 0.397 e. The average molecular weight is 277 g/mol. The molecule has 0 saturated carbocycles. The number of nitrogens with one attached hydrogen (secondary N) is 1. The fraction of sp³-hybridized carbons (Fsp3) is 0.900. The van der Waals surface area contributed by atoms with E-state index < -0.39 is 24.0 Å². The number of alkyl halides is 3. The molecule has 104 valence electrons. The van der Waals surface area contributed by atoms with Gasteiger partial charge in [0.1, 0.15) is 6.42 Å². The van der Waals surface area contributed by atoms with Gasteiger partial charge in [0.25, 0.3) is 0 Å². The Bertz CT molecular complexity index is 246. The Morgan fingerprint density at radius 1 is 1.35 bits per heavy atom. The summed E-state index contributed by atoms with van der Waals surface area (Å²) in [6.45, 7) is 5.61. The Kier molecular flexibility index (Phi) is 7.83. The molecule has 0 aromatic rings. The zero-order valence-corrected chi connectivity index (χ0v) is 11.0. The van der Waals surface area contributed by atoms with Crippen molar-refractivity contribution in [2.45, 2.75) is 45.3 Å². The quantitative estimate of drug-likeness (QED) is 0.809. The van der Waals surface area contributed by atoms with Crippen LogP contribution in [0.3, 0.4) is 0 Å². The van der Waals surface area contributed by atoms with Gasteiger partial charge < -0.3 is 11.1 Å². The van der Waals surface area contributed by atoms with Crippen LogP contribution in [0.25, 0.3) is 0 Å². The van der Waals surface area contributed by atoms with Gasteiger partial charge >= 0.3 is 6.18 Å². The normalized spacial score (nSPS) is 15.1. The van der Waals surface area contributed by atoms with Crippen molar-refractivity contribution in [3.05, 3.63) is 0 Å². The van der Waals surface area contributed by atoms with Gasteiger partial charge in [0.05, 0.1) is 0 Å². The van der Waals surface area contributed by atoms with Crippen molar-refractivity contribution in [2.75, 3.05) is 6.54 Å². The Balaban J connectivity index is 0. The van der Waals surface area contributed by atoms with Crippen molar-refractivity contribution in [3.8, 4) is 0 Å². The van der Waals surface area contributed by atoms with E-state index in [0.717, 1.165) is 0 Å². The number of amides is 1. The standard InChI is InChI=1S/C10H19F3N2O.ClH/c1-7(2)4-9(3,6-14)15-8(16)5-10(11,12)13;/h7H,4-6,14H2,1-3H3,(H,15,16);1H. The molecule has 0 bridgehead atoms. The second-order valence-corrected chi connectivity index (χ2v) is 4.70. The highest BCUT2D eigenvalue weighted by atomic mass is 35.5. The molecule has 0 spiro atoms. The fourth-order valence-electron chi connectivity index (χ4n) is 1.65. The summed E-state index contributed by atoms with van der Waals surface area (Å²) >= 11 is 0. The Morgan fingerprint density at radius 2 is 1.82 bits per heavy atom. The van der Waals surface area contributed by atoms with Gasteiger partial charge in [-0.15, -0.1) is 12.4 Å². The number of hydrogen-bond donors (Lipinski definition) is 2. The van der Waals surface area contributed by atoms with Gasteiger partial charge in [-0.05, 0) is 19.3 Å². The van der Waals surface area contributed by atoms with Crippen molar-refractivity contribution < 1.29 is 18.0 Å². The topological polar surface area (TPSA) is 55.1 Å². The largest absolute Gasteiger partial charge is 0.397 e. The van der Waals surface area contributed by atoms with Crippen LogP contribution in [-0.4, -0.2) is 24.2 Å². The predicted molar refractivity (Wildman–Crippen MR) is 63.0 cm³/mol. The summed E-state index contributed by atoms with van der Waals surface area (Å²) in [5.41, 5.74) is 4.70. The smallest absolute Gasteiger partial charge is 0.349 e. The number of carbonyl (C=O) groups excluding carboxylic acids is 1. The molecule has 0 saturated heterocycles. The van der Waals surface area contributed by atoms with E-state index in [-0.39, 0.29) is 24.9 Å². The minimum Gasteiger partial charge on any atom is -0.349 e. The highest BCUT2D eigenvalue weighted by molar-refractivity contribution is 5.85. The molecule has 1 unspecified atom stereocenters. The molecule has 0 aliphatic heterocycles. The zero-order valence-electron chi connectivity index (χ0n) is 10.2. The molecule has 0 radical (unpaired) electrons. The molecule has 3 N–H and O–H groups in total. The Hall–Kier alpha value is -0.490. The van der Waals surface area contributed by atoms with Crippen molar-refractivity contribution in [3.63, 3.8) is 0 Å². The van der Waals surface area contributed by atoms with Gasteiger partial charge in [0.15, 0.2) is 0 Å². The van der Waals surface area contributed by atoms with Gasteiger partial charge in [-0.2, -0.15) is 13.2 Å². The van der Waals surface area contributed by atoms with Crippen molar-refractivity contribution in [2.24, 2.45) is 11.7 Å². The molecule has 0 heterocycles. The van der Waals surface area contributed by atoms with Crippen LogP contribution < -0.4 is 11.1 Å². The van der Waals surface area contributed by atoms with E-state index >= 15 is 0 Å². The van der Waals surface area contributed by atoms with Crippen LogP contribution in [0, 0.1) is 5.92 Å². The average Bonchev–Trinajstić information content (AvgIpc) is 1.98. The van der Waals surface area contributed by atoms with E-state index in [2.05, 4.69) is 5.32 Å². The molecule has 1 amide bonds. The SMILES string of the molecule is CC(C)CC(C)(CN)NC(=O)CC(F)(F)F.Cl. The monoisotopic (exact) mass is 276 g/mol. The maximum atomic E-state index is 12.0. The summed E-state index contributed by atoms with van der Waals surface area (Å²) in [7, 11) is 0. The van der Waals surface area contributed by atoms with Crippen LogP contribution in [0.2, 0.25) is 0 Å². The molecule has 17 heavy (non-hydrogen) atoms. The van der Waals surface area contributed by atoms with Crippen LogP contribution >= 0.6 is 12.4 Å². The molecule has 0 rings (SSSR count). The number of hydrogen-bond acceptors (Lipinski definition) is 2. The number of carbonyl (C=O) groups is 1. The second kappa shape index (κ2) is 7.06. The lowest BCUT2D eigenvalue weighted by Crippen LogP contribution is -2.52. The summed E-state index contributed by atoms with van der Waals surface area (Å²) in [6, 6.07) is 0. The highest BCUT2D eigenvalue weighted by Crippen LogP contribution is 2.21. The predicted octanol–water partition coefficient (Wildman–Crippen LogP) is 2.24. The Morgan fingerprint density at radius 3 is 2.12 bits per heavy atom. The van der Waals surface area contributed by atoms with Crippen molar-refractivity contribution in [1.82, 2.24) is 5.32 Å². The first kappa shape index (κ1) is 18.9. The molecule has 0 aromatic carbocycles. The van der Waals surface area contributed by atoms with Gasteiger partial charge in [-0.1, -0.05) is 13.8 Å². The lowest BCUT2D eigenvalue weighted by Gasteiger charge is -2.31. The summed E-state index contributed by atoms with van der Waals surface area (Å²) in [5.74, 6) is -0.777.